The van der Waals surface area contributed by atoms with Gasteiger partial charge in [-0.1, -0.05) is 19.4 Å². The topological polar surface area (TPSA) is 52.7 Å². The quantitative estimate of drug-likeness (QED) is 0.844. The van der Waals surface area contributed by atoms with Crippen LogP contribution >= 0.6 is 0 Å². The van der Waals surface area contributed by atoms with Crippen molar-refractivity contribution in [2.75, 3.05) is 26.2 Å². The van der Waals surface area contributed by atoms with Gasteiger partial charge in [0.2, 0.25) is 5.91 Å². The molecule has 1 aromatic carbocycles. The molecule has 3 heterocycles. The van der Waals surface area contributed by atoms with Gasteiger partial charge in [0.15, 0.2) is 0 Å². The van der Waals surface area contributed by atoms with Crippen LogP contribution in [0, 0.1) is 24.6 Å². The molecule has 3 fully saturated rings. The van der Waals surface area contributed by atoms with Crippen molar-refractivity contribution in [2.24, 2.45) is 11.8 Å². The van der Waals surface area contributed by atoms with Crippen molar-refractivity contribution in [2.45, 2.75) is 58.0 Å². The number of piperidine rings is 1. The highest BCUT2D eigenvalue weighted by Gasteiger charge is 2.57. The standard InChI is InChI=1S/C23H32FN3O2/c1-4-5-16(3)27-13-18-19(14-27)23(25-21(18)28)8-10-26(11-9-23)22(29)17-7-6-15(2)20(24)12-17/h6-7,12,16,18-19H,4-5,8-11,13-14H2,1-3H3,(H,25,28)/t16-,18+,19-/m0/s1. The van der Waals surface area contributed by atoms with Gasteiger partial charge in [-0.3, -0.25) is 14.5 Å². The fourth-order valence-corrected chi connectivity index (χ4v) is 5.56. The minimum atomic E-state index is -0.345. The largest absolute Gasteiger partial charge is 0.350 e. The van der Waals surface area contributed by atoms with Crippen LogP contribution in [-0.4, -0.2) is 59.4 Å². The van der Waals surface area contributed by atoms with Gasteiger partial charge >= 0.3 is 0 Å². The normalized spacial score (nSPS) is 27.2. The van der Waals surface area contributed by atoms with Crippen molar-refractivity contribution in [3.63, 3.8) is 0 Å². The zero-order chi connectivity index (χ0) is 20.8. The van der Waals surface area contributed by atoms with E-state index in [1.807, 2.05) is 0 Å². The summed E-state index contributed by atoms with van der Waals surface area (Å²) in [4.78, 5) is 29.8. The molecule has 0 saturated carbocycles. The van der Waals surface area contributed by atoms with Crippen LogP contribution in [0.15, 0.2) is 18.2 Å². The number of benzene rings is 1. The molecule has 1 aromatic rings. The molecule has 29 heavy (non-hydrogen) atoms. The molecule has 5 nitrogen and oxygen atoms in total. The Balaban J connectivity index is 1.43. The Morgan fingerprint density at radius 1 is 1.31 bits per heavy atom. The van der Waals surface area contributed by atoms with E-state index in [4.69, 9.17) is 0 Å². The number of amides is 2. The van der Waals surface area contributed by atoms with Crippen LogP contribution < -0.4 is 5.32 Å². The molecule has 3 atom stereocenters. The number of rotatable bonds is 4. The number of halogens is 1. The summed E-state index contributed by atoms with van der Waals surface area (Å²) in [6.07, 6.45) is 3.86. The highest BCUT2D eigenvalue weighted by Crippen LogP contribution is 2.44. The molecular weight excluding hydrogens is 369 g/mol. The number of nitrogens with zero attached hydrogens (tertiary/aromatic N) is 2. The molecule has 3 aliphatic heterocycles. The Morgan fingerprint density at radius 2 is 2.03 bits per heavy atom. The minimum absolute atomic E-state index is 0.0720. The predicted molar refractivity (Wildman–Crippen MR) is 110 cm³/mol. The van der Waals surface area contributed by atoms with Crippen molar-refractivity contribution in [3.05, 3.63) is 35.1 Å². The SMILES string of the molecule is CCC[C@H](C)N1C[C@H]2C(=O)NC3(CCN(C(=O)c4ccc(C)c(F)c4)CC3)[C@H]2C1. The van der Waals surface area contributed by atoms with Crippen molar-refractivity contribution in [1.29, 1.82) is 0 Å². The molecule has 4 rings (SSSR count). The van der Waals surface area contributed by atoms with Crippen LogP contribution in [0.1, 0.15) is 55.5 Å². The Morgan fingerprint density at radius 3 is 2.69 bits per heavy atom. The van der Waals surface area contributed by atoms with Crippen molar-refractivity contribution in [3.8, 4) is 0 Å². The molecule has 0 unspecified atom stereocenters. The molecule has 0 aromatic heterocycles. The van der Waals surface area contributed by atoms with E-state index < -0.39 is 0 Å². The summed E-state index contributed by atoms with van der Waals surface area (Å²) in [7, 11) is 0. The van der Waals surface area contributed by atoms with Crippen LogP contribution in [0.3, 0.4) is 0 Å². The molecule has 6 heteroatoms. The molecule has 2 amide bonds. The maximum Gasteiger partial charge on any atom is 0.253 e. The number of hydrogen-bond donors (Lipinski definition) is 1. The van der Waals surface area contributed by atoms with E-state index >= 15 is 0 Å². The molecule has 0 radical (unpaired) electrons. The maximum atomic E-state index is 13.9. The summed E-state index contributed by atoms with van der Waals surface area (Å²) >= 11 is 0. The van der Waals surface area contributed by atoms with Gasteiger partial charge in [-0.2, -0.15) is 0 Å². The lowest BCUT2D eigenvalue weighted by molar-refractivity contribution is -0.123. The first-order chi connectivity index (χ1) is 13.8. The number of nitrogens with one attached hydrogen (secondary N) is 1. The average molecular weight is 402 g/mol. The number of likely N-dealkylation sites (tertiary alicyclic amines) is 2. The van der Waals surface area contributed by atoms with Crippen LogP contribution in [0.4, 0.5) is 4.39 Å². The fourth-order valence-electron chi connectivity index (χ4n) is 5.56. The van der Waals surface area contributed by atoms with Gasteiger partial charge in [0.05, 0.1) is 5.92 Å². The molecule has 1 N–H and O–H groups in total. The Labute approximate surface area is 172 Å². The minimum Gasteiger partial charge on any atom is -0.350 e. The number of fused-ring (bicyclic) bond motifs is 2. The van der Waals surface area contributed by atoms with Crippen LogP contribution in [0.2, 0.25) is 0 Å². The average Bonchev–Trinajstić information content (AvgIpc) is 3.25. The third-order valence-corrected chi connectivity index (χ3v) is 7.46. The number of carbonyl (C=O) groups excluding carboxylic acids is 2. The second kappa shape index (κ2) is 7.71. The molecule has 0 aliphatic carbocycles. The zero-order valence-electron chi connectivity index (χ0n) is 17.7. The van der Waals surface area contributed by atoms with E-state index in [0.29, 0.717) is 36.2 Å². The van der Waals surface area contributed by atoms with Crippen molar-refractivity contribution >= 4 is 11.8 Å². The fraction of sp³-hybridized carbons (Fsp3) is 0.652. The van der Waals surface area contributed by atoms with Crippen molar-refractivity contribution < 1.29 is 14.0 Å². The molecule has 158 valence electrons. The molecular formula is C23H32FN3O2. The smallest absolute Gasteiger partial charge is 0.253 e. The van der Waals surface area contributed by atoms with E-state index in [1.165, 1.54) is 6.07 Å². The van der Waals surface area contributed by atoms with E-state index in [9.17, 15) is 14.0 Å². The van der Waals surface area contributed by atoms with Gasteiger partial charge in [-0.15, -0.1) is 0 Å². The predicted octanol–water partition coefficient (Wildman–Crippen LogP) is 2.98. The van der Waals surface area contributed by atoms with Gasteiger partial charge in [0.1, 0.15) is 5.82 Å². The lowest BCUT2D eigenvalue weighted by Gasteiger charge is -2.43. The highest BCUT2D eigenvalue weighted by molar-refractivity contribution is 5.94. The molecule has 3 saturated heterocycles. The van der Waals surface area contributed by atoms with E-state index in [-0.39, 0.29) is 29.1 Å². The lowest BCUT2D eigenvalue weighted by atomic mass is 9.75. The number of carbonyl (C=O) groups is 2. The second-order valence-corrected chi connectivity index (χ2v) is 9.21. The summed E-state index contributed by atoms with van der Waals surface area (Å²) in [5.74, 6) is 0.111. The summed E-state index contributed by atoms with van der Waals surface area (Å²) in [5, 5.41) is 3.32. The van der Waals surface area contributed by atoms with Crippen LogP contribution in [0.5, 0.6) is 0 Å². The highest BCUT2D eigenvalue weighted by atomic mass is 19.1. The van der Waals surface area contributed by atoms with Crippen LogP contribution in [0.25, 0.3) is 0 Å². The second-order valence-electron chi connectivity index (χ2n) is 9.21. The van der Waals surface area contributed by atoms with Gasteiger partial charge in [-0.25, -0.2) is 4.39 Å². The zero-order valence-corrected chi connectivity index (χ0v) is 17.7. The summed E-state index contributed by atoms with van der Waals surface area (Å²) in [5.41, 5.74) is 0.748. The van der Waals surface area contributed by atoms with E-state index in [0.717, 1.165) is 38.8 Å². The first-order valence-electron chi connectivity index (χ1n) is 11.0. The Kier molecular flexibility index (Phi) is 5.40. The van der Waals surface area contributed by atoms with E-state index in [2.05, 4.69) is 24.1 Å². The Hall–Kier alpha value is -1.95. The maximum absolute atomic E-state index is 13.9. The van der Waals surface area contributed by atoms with Gasteiger partial charge in [0, 0.05) is 49.2 Å². The van der Waals surface area contributed by atoms with Gasteiger partial charge < -0.3 is 10.2 Å². The third kappa shape index (κ3) is 3.56. The molecule has 0 bridgehead atoms. The van der Waals surface area contributed by atoms with Gasteiger partial charge in [0.25, 0.3) is 5.91 Å². The summed E-state index contributed by atoms with van der Waals surface area (Å²) in [6, 6.07) is 5.19. The number of aryl methyl sites for hydroxylation is 1. The van der Waals surface area contributed by atoms with Crippen molar-refractivity contribution in [1.82, 2.24) is 15.1 Å². The first kappa shape index (κ1) is 20.3. The third-order valence-electron chi connectivity index (χ3n) is 7.46. The summed E-state index contributed by atoms with van der Waals surface area (Å²) < 4.78 is 13.9. The monoisotopic (exact) mass is 401 g/mol. The molecule has 1 spiro atoms. The van der Waals surface area contributed by atoms with Gasteiger partial charge in [-0.05, 0) is 50.8 Å². The van der Waals surface area contributed by atoms with E-state index in [1.54, 1.807) is 24.0 Å². The Bertz CT molecular complexity index is 803. The van der Waals surface area contributed by atoms with Crippen LogP contribution in [-0.2, 0) is 4.79 Å². The lowest BCUT2D eigenvalue weighted by Crippen LogP contribution is -2.56. The number of hydrogen-bond acceptors (Lipinski definition) is 3. The molecule has 3 aliphatic rings. The summed E-state index contributed by atoms with van der Waals surface area (Å²) in [6.45, 7) is 9.17. The first-order valence-corrected chi connectivity index (χ1v) is 11.0.